The Bertz CT molecular complexity index is 643. The molecule has 8 heteroatoms. The maximum Gasteiger partial charge on any atom is 0.321 e. The highest BCUT2D eigenvalue weighted by Gasteiger charge is 2.32. The second kappa shape index (κ2) is 7.67. The molecule has 0 radical (unpaired) electrons. The summed E-state index contributed by atoms with van der Waals surface area (Å²) in [6, 6.07) is 1.36. The third kappa shape index (κ3) is 4.80. The van der Waals surface area contributed by atoms with Crippen molar-refractivity contribution in [3.05, 3.63) is 23.8 Å². The normalized spacial score (nSPS) is 20.5. The molecule has 1 fully saturated rings. The lowest BCUT2D eigenvalue weighted by atomic mass is 9.91. The van der Waals surface area contributed by atoms with Crippen LogP contribution in [0.4, 0.5) is 19.3 Å². The third-order valence-corrected chi connectivity index (χ3v) is 3.90. The molecule has 138 valence electrons. The first-order chi connectivity index (χ1) is 11.7. The van der Waals surface area contributed by atoms with E-state index in [1.54, 1.807) is 13.8 Å². The quantitative estimate of drug-likeness (QED) is 0.867. The molecule has 2 N–H and O–H groups in total. The van der Waals surface area contributed by atoms with Gasteiger partial charge < -0.3 is 20.1 Å². The predicted octanol–water partition coefficient (Wildman–Crippen LogP) is 3.33. The van der Waals surface area contributed by atoms with Crippen LogP contribution in [0.15, 0.2) is 12.1 Å². The molecule has 0 spiro atoms. The van der Waals surface area contributed by atoms with Gasteiger partial charge in [-0.1, -0.05) is 6.92 Å². The van der Waals surface area contributed by atoms with Gasteiger partial charge in [0, 0.05) is 30.9 Å². The number of nitrogens with zero attached hydrogens (tertiary/aromatic N) is 1. The highest BCUT2D eigenvalue weighted by Crippen LogP contribution is 2.27. The third-order valence-electron chi connectivity index (χ3n) is 3.90. The number of benzene rings is 1. The Labute approximate surface area is 144 Å². The van der Waals surface area contributed by atoms with Crippen molar-refractivity contribution in [2.75, 3.05) is 18.4 Å². The largest absolute Gasteiger partial charge is 0.485 e. The smallest absolute Gasteiger partial charge is 0.321 e. The Kier molecular flexibility index (Phi) is 5.81. The number of carboxylic acid groups (broad SMARTS) is 1. The van der Waals surface area contributed by atoms with Gasteiger partial charge in [0.15, 0.2) is 17.4 Å². The minimum absolute atomic E-state index is 0.0240. The minimum atomic E-state index is -0.961. The Hall–Kier alpha value is -2.38. The van der Waals surface area contributed by atoms with Crippen LogP contribution < -0.4 is 10.1 Å². The molecule has 6 nitrogen and oxygen atoms in total. The van der Waals surface area contributed by atoms with Gasteiger partial charge in [-0.3, -0.25) is 4.79 Å². The number of hydrogen-bond donors (Lipinski definition) is 2. The molecule has 0 aromatic heterocycles. The second-order valence-corrected chi connectivity index (χ2v) is 6.65. The number of piperidine rings is 1. The maximum absolute atomic E-state index is 14.0. The van der Waals surface area contributed by atoms with Gasteiger partial charge in [-0.2, -0.15) is 0 Å². The standard InChI is InChI=1S/C17H22F2N2O4/c1-9(2)25-15-13(18)5-12(6-14(15)19)20-17(24)21-7-10(3)4-11(8-21)16(22)23/h5-6,9-11H,4,7-8H2,1-3H3,(H,20,24)(H,22,23). The number of rotatable bonds is 4. The molecule has 1 heterocycles. The van der Waals surface area contributed by atoms with E-state index >= 15 is 0 Å². The van der Waals surface area contributed by atoms with E-state index in [4.69, 9.17) is 9.84 Å². The first-order valence-corrected chi connectivity index (χ1v) is 8.11. The predicted molar refractivity (Wildman–Crippen MR) is 87.6 cm³/mol. The van der Waals surface area contributed by atoms with E-state index in [-0.39, 0.29) is 18.2 Å². The zero-order valence-corrected chi connectivity index (χ0v) is 14.4. The van der Waals surface area contributed by atoms with Gasteiger partial charge in [0.05, 0.1) is 12.0 Å². The fraction of sp³-hybridized carbons (Fsp3) is 0.529. The monoisotopic (exact) mass is 356 g/mol. The van der Waals surface area contributed by atoms with Crippen LogP contribution in [-0.4, -0.2) is 41.2 Å². The molecule has 1 aliphatic heterocycles. The van der Waals surface area contributed by atoms with Gasteiger partial charge in [0.1, 0.15) is 0 Å². The topological polar surface area (TPSA) is 78.9 Å². The SMILES string of the molecule is CC1CC(C(=O)O)CN(C(=O)Nc2cc(F)c(OC(C)C)c(F)c2)C1. The second-order valence-electron chi connectivity index (χ2n) is 6.65. The van der Waals surface area contributed by atoms with Crippen molar-refractivity contribution >= 4 is 17.7 Å². The lowest BCUT2D eigenvalue weighted by molar-refractivity contribution is -0.143. The van der Waals surface area contributed by atoms with E-state index in [1.807, 2.05) is 6.92 Å². The van der Waals surface area contributed by atoms with E-state index in [1.165, 1.54) is 4.90 Å². The van der Waals surface area contributed by atoms with Crippen molar-refractivity contribution in [1.82, 2.24) is 4.90 Å². The van der Waals surface area contributed by atoms with E-state index < -0.39 is 41.4 Å². The first kappa shape index (κ1) is 19.0. The fourth-order valence-corrected chi connectivity index (χ4v) is 2.88. The van der Waals surface area contributed by atoms with Gasteiger partial charge >= 0.3 is 12.0 Å². The van der Waals surface area contributed by atoms with Gasteiger partial charge in [0.25, 0.3) is 0 Å². The van der Waals surface area contributed by atoms with Crippen molar-refractivity contribution in [3.63, 3.8) is 0 Å². The molecule has 1 aromatic carbocycles. The molecule has 1 aliphatic rings. The number of hydrogen-bond acceptors (Lipinski definition) is 3. The Morgan fingerprint density at radius 3 is 2.40 bits per heavy atom. The van der Waals surface area contributed by atoms with Crippen LogP contribution in [0.3, 0.4) is 0 Å². The lowest BCUT2D eigenvalue weighted by Gasteiger charge is -2.34. The Balaban J connectivity index is 2.11. The zero-order chi connectivity index (χ0) is 18.7. The summed E-state index contributed by atoms with van der Waals surface area (Å²) in [4.78, 5) is 24.8. The fourth-order valence-electron chi connectivity index (χ4n) is 2.88. The number of urea groups is 1. The van der Waals surface area contributed by atoms with Crippen LogP contribution in [0.25, 0.3) is 0 Å². The Morgan fingerprint density at radius 2 is 1.88 bits per heavy atom. The van der Waals surface area contributed by atoms with E-state index in [9.17, 15) is 18.4 Å². The van der Waals surface area contributed by atoms with Crippen LogP contribution in [0.1, 0.15) is 27.2 Å². The summed E-state index contributed by atoms with van der Waals surface area (Å²) in [6.07, 6.45) is 0.0936. The summed E-state index contributed by atoms with van der Waals surface area (Å²) < 4.78 is 33.0. The number of anilines is 1. The molecule has 0 aliphatic carbocycles. The van der Waals surface area contributed by atoms with E-state index in [0.29, 0.717) is 13.0 Å². The molecule has 1 aromatic rings. The van der Waals surface area contributed by atoms with Crippen molar-refractivity contribution in [2.45, 2.75) is 33.3 Å². The number of carbonyl (C=O) groups excluding carboxylic acids is 1. The molecule has 25 heavy (non-hydrogen) atoms. The summed E-state index contributed by atoms with van der Waals surface area (Å²) in [5, 5.41) is 11.6. The zero-order valence-electron chi connectivity index (χ0n) is 14.4. The van der Waals surface area contributed by atoms with Crippen LogP contribution in [0, 0.1) is 23.5 Å². The summed E-state index contributed by atoms with van der Waals surface area (Å²) in [7, 11) is 0. The Morgan fingerprint density at radius 1 is 1.28 bits per heavy atom. The summed E-state index contributed by atoms with van der Waals surface area (Å²) in [5.41, 5.74) is -0.0544. The number of amides is 2. The van der Waals surface area contributed by atoms with Crippen molar-refractivity contribution in [3.8, 4) is 5.75 Å². The van der Waals surface area contributed by atoms with Crippen molar-refractivity contribution in [1.29, 1.82) is 0 Å². The first-order valence-electron chi connectivity index (χ1n) is 8.11. The molecule has 1 saturated heterocycles. The number of likely N-dealkylation sites (tertiary alicyclic amines) is 1. The van der Waals surface area contributed by atoms with E-state index in [0.717, 1.165) is 12.1 Å². The molecule has 2 unspecified atom stereocenters. The van der Waals surface area contributed by atoms with Crippen LogP contribution in [0.5, 0.6) is 5.75 Å². The summed E-state index contributed by atoms with van der Waals surface area (Å²) in [6.45, 7) is 5.59. The van der Waals surface area contributed by atoms with Gasteiger partial charge in [-0.25, -0.2) is 13.6 Å². The average molecular weight is 356 g/mol. The highest BCUT2D eigenvalue weighted by molar-refractivity contribution is 5.90. The summed E-state index contributed by atoms with van der Waals surface area (Å²) in [5.74, 6) is -3.92. The number of carbonyl (C=O) groups is 2. The number of carboxylic acids is 1. The van der Waals surface area contributed by atoms with Gasteiger partial charge in [0.2, 0.25) is 0 Å². The molecule has 0 bridgehead atoms. The average Bonchev–Trinajstić information content (AvgIpc) is 2.50. The molecular weight excluding hydrogens is 334 g/mol. The van der Waals surface area contributed by atoms with Crippen LogP contribution in [0.2, 0.25) is 0 Å². The van der Waals surface area contributed by atoms with Gasteiger partial charge in [-0.15, -0.1) is 0 Å². The number of halogens is 2. The minimum Gasteiger partial charge on any atom is -0.485 e. The highest BCUT2D eigenvalue weighted by atomic mass is 19.1. The number of nitrogens with one attached hydrogen (secondary N) is 1. The van der Waals surface area contributed by atoms with E-state index in [2.05, 4.69) is 5.32 Å². The van der Waals surface area contributed by atoms with Gasteiger partial charge in [-0.05, 0) is 26.2 Å². The molecule has 2 atom stereocenters. The maximum atomic E-state index is 14.0. The molecule has 0 saturated carbocycles. The van der Waals surface area contributed by atoms with Crippen molar-refractivity contribution < 1.29 is 28.2 Å². The lowest BCUT2D eigenvalue weighted by Crippen LogP contribution is -2.47. The molecule has 2 rings (SSSR count). The van der Waals surface area contributed by atoms with Crippen LogP contribution >= 0.6 is 0 Å². The number of aliphatic carboxylic acids is 1. The van der Waals surface area contributed by atoms with Crippen molar-refractivity contribution in [2.24, 2.45) is 11.8 Å². The molecule has 2 amide bonds. The molecular formula is C17H22F2N2O4. The number of ether oxygens (including phenoxy) is 1. The summed E-state index contributed by atoms with van der Waals surface area (Å²) >= 11 is 0. The van der Waals surface area contributed by atoms with Crippen LogP contribution in [-0.2, 0) is 4.79 Å².